The number of hydrogen-bond donors (Lipinski definition) is 2. The molecular formula is C7H14N2. The van der Waals surface area contributed by atoms with Crippen LogP contribution < -0.4 is 10.6 Å². The molecule has 1 heterocycles. The molecule has 2 rings (SSSR count). The van der Waals surface area contributed by atoms with Crippen molar-refractivity contribution in [3.63, 3.8) is 0 Å². The van der Waals surface area contributed by atoms with Gasteiger partial charge in [0.1, 0.15) is 0 Å². The zero-order valence-electron chi connectivity index (χ0n) is 5.85. The average molecular weight is 126 g/mol. The summed E-state index contributed by atoms with van der Waals surface area (Å²) in [7, 11) is 2.06. The van der Waals surface area contributed by atoms with Crippen LogP contribution in [0.2, 0.25) is 0 Å². The van der Waals surface area contributed by atoms with E-state index in [-0.39, 0.29) is 0 Å². The lowest BCUT2D eigenvalue weighted by molar-refractivity contribution is 0.400. The number of nitrogens with one attached hydrogen (secondary N) is 2. The Morgan fingerprint density at radius 2 is 2.33 bits per heavy atom. The van der Waals surface area contributed by atoms with Crippen LogP contribution in [0.3, 0.4) is 0 Å². The van der Waals surface area contributed by atoms with Crippen LogP contribution in [0.5, 0.6) is 0 Å². The summed E-state index contributed by atoms with van der Waals surface area (Å²) >= 11 is 0. The molecule has 9 heavy (non-hydrogen) atoms. The number of piperidine rings is 1. The van der Waals surface area contributed by atoms with E-state index in [1.807, 2.05) is 0 Å². The van der Waals surface area contributed by atoms with Gasteiger partial charge in [0.05, 0.1) is 0 Å². The maximum absolute atomic E-state index is 3.49. The molecule has 0 unspecified atom stereocenters. The fourth-order valence-corrected chi connectivity index (χ4v) is 2.17. The van der Waals surface area contributed by atoms with Crippen LogP contribution in [-0.2, 0) is 0 Å². The Bertz CT molecular complexity index is 113. The fraction of sp³-hybridized carbons (Fsp3) is 1.00. The zero-order valence-corrected chi connectivity index (χ0v) is 5.85. The third-order valence-electron chi connectivity index (χ3n) is 2.70. The lowest BCUT2D eigenvalue weighted by atomic mass is 10.1. The molecule has 0 aromatic carbocycles. The minimum atomic E-state index is 0.767. The average Bonchev–Trinajstić information content (AvgIpc) is 2.45. The quantitative estimate of drug-likeness (QED) is 0.515. The molecule has 2 heteroatoms. The molecule has 0 aromatic rings. The summed E-state index contributed by atoms with van der Waals surface area (Å²) in [5, 5.41) is 6.83. The van der Waals surface area contributed by atoms with E-state index >= 15 is 0 Å². The molecular weight excluding hydrogens is 112 g/mol. The summed E-state index contributed by atoms with van der Waals surface area (Å²) in [5.74, 6) is 0.979. The van der Waals surface area contributed by atoms with Gasteiger partial charge in [-0.15, -0.1) is 0 Å². The Balaban J connectivity index is 2.01. The van der Waals surface area contributed by atoms with Crippen LogP contribution in [0.4, 0.5) is 0 Å². The van der Waals surface area contributed by atoms with Gasteiger partial charge in [0, 0.05) is 12.1 Å². The van der Waals surface area contributed by atoms with E-state index in [0.717, 1.165) is 18.0 Å². The number of likely N-dealkylation sites (N-methyl/N-ethyl adjacent to an activating group) is 1. The van der Waals surface area contributed by atoms with E-state index < -0.39 is 0 Å². The van der Waals surface area contributed by atoms with Crippen LogP contribution in [0.15, 0.2) is 0 Å². The monoisotopic (exact) mass is 126 g/mol. The predicted molar refractivity (Wildman–Crippen MR) is 37.4 cm³/mol. The van der Waals surface area contributed by atoms with Gasteiger partial charge in [0.2, 0.25) is 0 Å². The van der Waals surface area contributed by atoms with Gasteiger partial charge in [-0.05, 0) is 32.4 Å². The molecule has 2 fully saturated rings. The Hall–Kier alpha value is -0.0800. The largest absolute Gasteiger partial charge is 0.315 e. The van der Waals surface area contributed by atoms with Crippen molar-refractivity contribution in [3.8, 4) is 0 Å². The first-order valence-electron chi connectivity index (χ1n) is 3.81. The van der Waals surface area contributed by atoms with Crippen LogP contribution in [0, 0.1) is 5.92 Å². The molecule has 1 aliphatic carbocycles. The molecule has 2 bridgehead atoms. The molecule has 52 valence electrons. The Labute approximate surface area is 56.0 Å². The highest BCUT2D eigenvalue weighted by Gasteiger charge is 2.38. The third kappa shape index (κ3) is 0.775. The van der Waals surface area contributed by atoms with Gasteiger partial charge in [-0.25, -0.2) is 0 Å². The molecule has 0 aromatic heterocycles. The molecule has 1 saturated heterocycles. The molecule has 1 aliphatic heterocycles. The zero-order chi connectivity index (χ0) is 6.27. The highest BCUT2D eigenvalue weighted by atomic mass is 15.1. The Morgan fingerprint density at radius 3 is 2.67 bits per heavy atom. The smallest absolute Gasteiger partial charge is 0.0224 e. The maximum Gasteiger partial charge on any atom is 0.0224 e. The van der Waals surface area contributed by atoms with Gasteiger partial charge in [-0.1, -0.05) is 0 Å². The van der Waals surface area contributed by atoms with Gasteiger partial charge in [0.25, 0.3) is 0 Å². The molecule has 1 saturated carbocycles. The first-order valence-corrected chi connectivity index (χ1v) is 3.81. The highest BCUT2D eigenvalue weighted by Crippen LogP contribution is 2.30. The Kier molecular flexibility index (Phi) is 1.24. The topological polar surface area (TPSA) is 24.1 Å². The molecule has 0 spiro atoms. The van der Waals surface area contributed by atoms with E-state index in [2.05, 4.69) is 17.7 Å². The van der Waals surface area contributed by atoms with Crippen molar-refractivity contribution >= 4 is 0 Å². The van der Waals surface area contributed by atoms with E-state index in [1.54, 1.807) is 0 Å². The normalized spacial score (nSPS) is 48.3. The second-order valence-electron chi connectivity index (χ2n) is 3.25. The summed E-state index contributed by atoms with van der Waals surface area (Å²) in [6.45, 7) is 1.27. The van der Waals surface area contributed by atoms with Crippen LogP contribution in [0.1, 0.15) is 12.8 Å². The van der Waals surface area contributed by atoms with Gasteiger partial charge in [-0.2, -0.15) is 0 Å². The van der Waals surface area contributed by atoms with Gasteiger partial charge < -0.3 is 10.6 Å². The van der Waals surface area contributed by atoms with Gasteiger partial charge in [0.15, 0.2) is 0 Å². The summed E-state index contributed by atoms with van der Waals surface area (Å²) in [4.78, 5) is 0. The first-order chi connectivity index (χ1) is 4.40. The third-order valence-corrected chi connectivity index (χ3v) is 2.70. The van der Waals surface area contributed by atoms with Crippen molar-refractivity contribution in [3.05, 3.63) is 0 Å². The Morgan fingerprint density at radius 1 is 1.44 bits per heavy atom. The van der Waals surface area contributed by atoms with E-state index in [1.165, 1.54) is 19.4 Å². The number of fused-ring (bicyclic) bond motifs is 2. The second kappa shape index (κ2) is 1.96. The summed E-state index contributed by atoms with van der Waals surface area (Å²) in [6.07, 6.45) is 2.81. The lowest BCUT2D eigenvalue weighted by Crippen LogP contribution is -2.43. The second-order valence-corrected chi connectivity index (χ2v) is 3.25. The SMILES string of the molecule is CN[C@@H]1C[C@@H]2CN[C@H]1C2. The van der Waals surface area contributed by atoms with Crippen LogP contribution in [-0.4, -0.2) is 25.7 Å². The standard InChI is InChI=1S/C7H14N2/c1-8-6-2-5-3-7(6)9-4-5/h5-9H,2-4H2,1H3/t5-,6+,7-/m0/s1. The summed E-state index contributed by atoms with van der Waals surface area (Å²) in [5.41, 5.74) is 0. The van der Waals surface area contributed by atoms with Crippen LogP contribution in [0.25, 0.3) is 0 Å². The van der Waals surface area contributed by atoms with Crippen molar-refractivity contribution in [2.45, 2.75) is 24.9 Å². The molecule has 2 N–H and O–H groups in total. The van der Waals surface area contributed by atoms with Crippen molar-refractivity contribution in [2.75, 3.05) is 13.6 Å². The van der Waals surface area contributed by atoms with E-state index in [0.29, 0.717) is 0 Å². The maximum atomic E-state index is 3.49. The molecule has 0 radical (unpaired) electrons. The number of hydrogen-bond acceptors (Lipinski definition) is 2. The highest BCUT2D eigenvalue weighted by molar-refractivity contribution is 4.98. The molecule has 0 amide bonds. The van der Waals surface area contributed by atoms with Crippen molar-refractivity contribution in [1.29, 1.82) is 0 Å². The van der Waals surface area contributed by atoms with E-state index in [9.17, 15) is 0 Å². The minimum Gasteiger partial charge on any atom is -0.315 e. The van der Waals surface area contributed by atoms with Gasteiger partial charge >= 0.3 is 0 Å². The fourth-order valence-electron chi connectivity index (χ4n) is 2.17. The van der Waals surface area contributed by atoms with Gasteiger partial charge in [-0.3, -0.25) is 0 Å². The van der Waals surface area contributed by atoms with E-state index in [4.69, 9.17) is 0 Å². The molecule has 2 nitrogen and oxygen atoms in total. The van der Waals surface area contributed by atoms with Crippen LogP contribution >= 0.6 is 0 Å². The summed E-state index contributed by atoms with van der Waals surface area (Å²) in [6, 6.07) is 1.56. The first kappa shape index (κ1) is 5.69. The molecule has 2 aliphatic rings. The van der Waals surface area contributed by atoms with Crippen molar-refractivity contribution in [2.24, 2.45) is 5.92 Å². The predicted octanol–water partition coefficient (Wildman–Crippen LogP) is -0.0438. The van der Waals surface area contributed by atoms with Crippen molar-refractivity contribution in [1.82, 2.24) is 10.6 Å². The number of rotatable bonds is 1. The van der Waals surface area contributed by atoms with Crippen molar-refractivity contribution < 1.29 is 0 Å². The summed E-state index contributed by atoms with van der Waals surface area (Å²) < 4.78 is 0. The lowest BCUT2D eigenvalue weighted by Gasteiger charge is -2.21. The molecule has 3 atom stereocenters. The minimum absolute atomic E-state index is 0.767.